The van der Waals surface area contributed by atoms with E-state index in [9.17, 15) is 4.79 Å². The van der Waals surface area contributed by atoms with E-state index in [0.29, 0.717) is 13.1 Å². The summed E-state index contributed by atoms with van der Waals surface area (Å²) in [6.07, 6.45) is 1.91. The Morgan fingerprint density at radius 3 is 2.63 bits per heavy atom. The van der Waals surface area contributed by atoms with Crippen molar-refractivity contribution in [1.82, 2.24) is 10.6 Å². The standard InChI is InChI=1S/C15H22N2O2/c1-15(7-9-19-10-8-15)17-12-14(18)16-11-13-5-3-2-4-6-13/h2-6,17H,7-12H2,1H3,(H,16,18). The van der Waals surface area contributed by atoms with E-state index in [-0.39, 0.29) is 11.4 Å². The summed E-state index contributed by atoms with van der Waals surface area (Å²) in [6.45, 7) is 4.65. The fraction of sp³-hybridized carbons (Fsp3) is 0.533. The second-order valence-corrected chi connectivity index (χ2v) is 5.29. The highest BCUT2D eigenvalue weighted by atomic mass is 16.5. The molecule has 4 heteroatoms. The van der Waals surface area contributed by atoms with Gasteiger partial charge in [0.25, 0.3) is 0 Å². The first-order valence-electron chi connectivity index (χ1n) is 6.81. The van der Waals surface area contributed by atoms with E-state index < -0.39 is 0 Å². The Hall–Kier alpha value is -1.39. The van der Waals surface area contributed by atoms with Gasteiger partial charge in [0.2, 0.25) is 5.91 Å². The van der Waals surface area contributed by atoms with Crippen molar-refractivity contribution in [2.45, 2.75) is 31.8 Å². The summed E-state index contributed by atoms with van der Waals surface area (Å²) in [4.78, 5) is 11.8. The normalized spacial score (nSPS) is 17.9. The third-order valence-electron chi connectivity index (χ3n) is 3.60. The van der Waals surface area contributed by atoms with Crippen molar-refractivity contribution < 1.29 is 9.53 Å². The number of amides is 1. The second kappa shape index (κ2) is 6.68. The van der Waals surface area contributed by atoms with E-state index in [0.717, 1.165) is 31.6 Å². The molecular weight excluding hydrogens is 240 g/mol. The molecule has 1 saturated heterocycles. The van der Waals surface area contributed by atoms with Gasteiger partial charge in [-0.2, -0.15) is 0 Å². The Balaban J connectivity index is 1.70. The maximum Gasteiger partial charge on any atom is 0.234 e. The van der Waals surface area contributed by atoms with Crippen molar-refractivity contribution in [3.05, 3.63) is 35.9 Å². The van der Waals surface area contributed by atoms with E-state index in [4.69, 9.17) is 4.74 Å². The summed E-state index contributed by atoms with van der Waals surface area (Å²) < 4.78 is 5.34. The Labute approximate surface area is 114 Å². The average Bonchev–Trinajstić information content (AvgIpc) is 2.45. The molecule has 1 aliphatic heterocycles. The molecule has 1 heterocycles. The van der Waals surface area contributed by atoms with Crippen LogP contribution in [-0.2, 0) is 16.1 Å². The van der Waals surface area contributed by atoms with Crippen molar-refractivity contribution in [3.63, 3.8) is 0 Å². The minimum Gasteiger partial charge on any atom is -0.381 e. The molecule has 0 spiro atoms. The molecule has 2 N–H and O–H groups in total. The van der Waals surface area contributed by atoms with E-state index in [1.165, 1.54) is 0 Å². The maximum absolute atomic E-state index is 11.8. The molecule has 1 fully saturated rings. The van der Waals surface area contributed by atoms with Gasteiger partial charge in [0, 0.05) is 25.3 Å². The molecule has 0 saturated carbocycles. The molecule has 0 aromatic heterocycles. The fourth-order valence-electron chi connectivity index (χ4n) is 2.15. The lowest BCUT2D eigenvalue weighted by Gasteiger charge is -2.34. The fourth-order valence-corrected chi connectivity index (χ4v) is 2.15. The van der Waals surface area contributed by atoms with E-state index in [2.05, 4.69) is 17.6 Å². The smallest absolute Gasteiger partial charge is 0.234 e. The van der Waals surface area contributed by atoms with Gasteiger partial charge in [-0.25, -0.2) is 0 Å². The molecule has 1 aromatic carbocycles. The lowest BCUT2D eigenvalue weighted by Crippen LogP contribution is -2.50. The van der Waals surface area contributed by atoms with Gasteiger partial charge in [0.1, 0.15) is 0 Å². The van der Waals surface area contributed by atoms with Crippen LogP contribution in [0.4, 0.5) is 0 Å². The number of rotatable bonds is 5. The predicted octanol–water partition coefficient (Wildman–Crippen LogP) is 1.46. The number of carbonyl (C=O) groups excluding carboxylic acids is 1. The molecule has 1 aromatic rings. The van der Waals surface area contributed by atoms with Gasteiger partial charge in [0.05, 0.1) is 6.54 Å². The van der Waals surface area contributed by atoms with Gasteiger partial charge in [-0.1, -0.05) is 30.3 Å². The lowest BCUT2D eigenvalue weighted by molar-refractivity contribution is -0.121. The summed E-state index contributed by atoms with van der Waals surface area (Å²) in [5.41, 5.74) is 1.15. The Morgan fingerprint density at radius 2 is 1.95 bits per heavy atom. The monoisotopic (exact) mass is 262 g/mol. The average molecular weight is 262 g/mol. The van der Waals surface area contributed by atoms with Gasteiger partial charge in [-0.05, 0) is 25.3 Å². The molecule has 4 nitrogen and oxygen atoms in total. The van der Waals surface area contributed by atoms with Gasteiger partial charge >= 0.3 is 0 Å². The highest BCUT2D eigenvalue weighted by Crippen LogP contribution is 2.19. The first kappa shape index (κ1) is 14.0. The highest BCUT2D eigenvalue weighted by molar-refractivity contribution is 5.78. The summed E-state index contributed by atoms with van der Waals surface area (Å²) in [6, 6.07) is 9.94. The first-order chi connectivity index (χ1) is 9.18. The summed E-state index contributed by atoms with van der Waals surface area (Å²) in [7, 11) is 0. The van der Waals surface area contributed by atoms with Crippen LogP contribution in [0.15, 0.2) is 30.3 Å². The van der Waals surface area contributed by atoms with Crippen molar-refractivity contribution in [2.24, 2.45) is 0 Å². The molecule has 0 bridgehead atoms. The minimum absolute atomic E-state index is 0.0301. The van der Waals surface area contributed by atoms with Crippen molar-refractivity contribution >= 4 is 5.91 Å². The zero-order chi connectivity index (χ0) is 13.6. The summed E-state index contributed by atoms with van der Waals surface area (Å²) >= 11 is 0. The SMILES string of the molecule is CC1(NCC(=O)NCc2ccccc2)CCOCC1. The van der Waals surface area contributed by atoms with Crippen LogP contribution in [0.3, 0.4) is 0 Å². The third-order valence-corrected chi connectivity index (χ3v) is 3.60. The number of hydrogen-bond donors (Lipinski definition) is 2. The van der Waals surface area contributed by atoms with Crippen LogP contribution in [-0.4, -0.2) is 31.2 Å². The molecule has 19 heavy (non-hydrogen) atoms. The van der Waals surface area contributed by atoms with E-state index >= 15 is 0 Å². The zero-order valence-electron chi connectivity index (χ0n) is 11.4. The van der Waals surface area contributed by atoms with Crippen LogP contribution >= 0.6 is 0 Å². The van der Waals surface area contributed by atoms with E-state index in [1.54, 1.807) is 0 Å². The number of carbonyl (C=O) groups is 1. The summed E-state index contributed by atoms with van der Waals surface area (Å²) in [5, 5.41) is 6.27. The molecule has 1 amide bonds. The molecule has 0 atom stereocenters. The van der Waals surface area contributed by atoms with Crippen molar-refractivity contribution in [1.29, 1.82) is 0 Å². The van der Waals surface area contributed by atoms with Crippen LogP contribution in [0.5, 0.6) is 0 Å². The number of nitrogens with one attached hydrogen (secondary N) is 2. The van der Waals surface area contributed by atoms with Gasteiger partial charge < -0.3 is 15.4 Å². The van der Waals surface area contributed by atoms with Crippen LogP contribution < -0.4 is 10.6 Å². The molecule has 0 aliphatic carbocycles. The van der Waals surface area contributed by atoms with Gasteiger partial charge in [-0.15, -0.1) is 0 Å². The molecular formula is C15H22N2O2. The Kier molecular flexibility index (Phi) is 4.93. The van der Waals surface area contributed by atoms with Crippen molar-refractivity contribution in [3.8, 4) is 0 Å². The Morgan fingerprint density at radius 1 is 1.26 bits per heavy atom. The lowest BCUT2D eigenvalue weighted by atomic mass is 9.92. The van der Waals surface area contributed by atoms with Gasteiger partial charge in [-0.3, -0.25) is 4.79 Å². The quantitative estimate of drug-likeness (QED) is 0.844. The second-order valence-electron chi connectivity index (χ2n) is 5.29. The largest absolute Gasteiger partial charge is 0.381 e. The molecule has 2 rings (SSSR count). The number of hydrogen-bond acceptors (Lipinski definition) is 3. The molecule has 0 radical (unpaired) electrons. The number of ether oxygens (including phenoxy) is 1. The first-order valence-corrected chi connectivity index (χ1v) is 6.81. The zero-order valence-corrected chi connectivity index (χ0v) is 11.4. The minimum atomic E-state index is 0.0301. The van der Waals surface area contributed by atoms with Crippen molar-refractivity contribution in [2.75, 3.05) is 19.8 Å². The molecule has 0 unspecified atom stereocenters. The van der Waals surface area contributed by atoms with Crippen LogP contribution in [0.2, 0.25) is 0 Å². The molecule has 104 valence electrons. The molecule has 1 aliphatic rings. The predicted molar refractivity (Wildman–Crippen MR) is 74.7 cm³/mol. The van der Waals surface area contributed by atoms with Crippen LogP contribution in [0.25, 0.3) is 0 Å². The summed E-state index contributed by atoms with van der Waals surface area (Å²) in [5.74, 6) is 0.0385. The van der Waals surface area contributed by atoms with E-state index in [1.807, 2.05) is 30.3 Å². The van der Waals surface area contributed by atoms with Crippen LogP contribution in [0, 0.1) is 0 Å². The highest BCUT2D eigenvalue weighted by Gasteiger charge is 2.26. The topological polar surface area (TPSA) is 50.4 Å². The number of benzene rings is 1. The third kappa shape index (κ3) is 4.65. The maximum atomic E-state index is 11.8. The Bertz CT molecular complexity index is 400. The van der Waals surface area contributed by atoms with Crippen LogP contribution in [0.1, 0.15) is 25.3 Å². The van der Waals surface area contributed by atoms with Gasteiger partial charge in [0.15, 0.2) is 0 Å².